The number of ether oxygens (including phenoxy) is 1. The van der Waals surface area contributed by atoms with Crippen LogP contribution in [0.3, 0.4) is 0 Å². The molecule has 1 aromatic rings. The van der Waals surface area contributed by atoms with Crippen LogP contribution in [0.5, 0.6) is 0 Å². The van der Waals surface area contributed by atoms with Crippen LogP contribution in [0.1, 0.15) is 39.2 Å². The molecule has 180 valence electrons. The van der Waals surface area contributed by atoms with Gasteiger partial charge in [-0.05, 0) is 51.0 Å². The van der Waals surface area contributed by atoms with Crippen LogP contribution in [0.25, 0.3) is 0 Å². The van der Waals surface area contributed by atoms with Crippen LogP contribution in [0.4, 0.5) is 18.9 Å². The normalized spacial score (nSPS) is 21.2. The van der Waals surface area contributed by atoms with E-state index < -0.39 is 23.8 Å². The van der Waals surface area contributed by atoms with Crippen LogP contribution in [0.15, 0.2) is 88.4 Å². The number of halogens is 3. The molecule has 0 spiro atoms. The van der Waals surface area contributed by atoms with E-state index in [1.807, 2.05) is 19.1 Å². The van der Waals surface area contributed by atoms with Crippen molar-refractivity contribution in [3.05, 3.63) is 89.0 Å². The molecule has 1 atom stereocenters. The highest BCUT2D eigenvalue weighted by molar-refractivity contribution is 6.50. The van der Waals surface area contributed by atoms with Crippen molar-refractivity contribution in [3.8, 4) is 0 Å². The van der Waals surface area contributed by atoms with Crippen LogP contribution >= 0.6 is 0 Å². The summed E-state index contributed by atoms with van der Waals surface area (Å²) in [6, 6.07) is 4.58. The van der Waals surface area contributed by atoms with Crippen molar-refractivity contribution in [1.29, 1.82) is 0 Å². The van der Waals surface area contributed by atoms with E-state index in [4.69, 9.17) is 4.74 Å². The largest absolute Gasteiger partial charge is 0.491 e. The SMILES string of the molecule is C/C=C1/C(=Nc2cccc(C(F)(F)F)c2)C(=O)N(C2=CCC=CC(OCC(O)CC)=C2)/C1=C/C. The van der Waals surface area contributed by atoms with Gasteiger partial charge in [0, 0.05) is 17.3 Å². The van der Waals surface area contributed by atoms with E-state index in [1.165, 1.54) is 17.0 Å². The van der Waals surface area contributed by atoms with Crippen molar-refractivity contribution >= 4 is 17.3 Å². The fourth-order valence-electron chi connectivity index (χ4n) is 3.57. The molecule has 8 heteroatoms. The van der Waals surface area contributed by atoms with Crippen LogP contribution in [-0.2, 0) is 15.7 Å². The minimum absolute atomic E-state index is 0.0412. The van der Waals surface area contributed by atoms with Crippen LogP contribution < -0.4 is 0 Å². The smallest absolute Gasteiger partial charge is 0.416 e. The predicted molar refractivity (Wildman–Crippen MR) is 125 cm³/mol. The molecule has 34 heavy (non-hydrogen) atoms. The summed E-state index contributed by atoms with van der Waals surface area (Å²) >= 11 is 0. The third-order valence-electron chi connectivity index (χ3n) is 5.36. The van der Waals surface area contributed by atoms with Crippen LogP contribution in [0.2, 0.25) is 0 Å². The zero-order chi connectivity index (χ0) is 24.9. The summed E-state index contributed by atoms with van der Waals surface area (Å²) in [7, 11) is 0. The fourth-order valence-corrected chi connectivity index (χ4v) is 3.57. The number of allylic oxidation sites excluding steroid dienone is 7. The van der Waals surface area contributed by atoms with Gasteiger partial charge in [0.2, 0.25) is 0 Å². The Morgan fingerprint density at radius 1 is 1.26 bits per heavy atom. The number of hydrogen-bond donors (Lipinski definition) is 1. The highest BCUT2D eigenvalue weighted by Crippen LogP contribution is 2.35. The number of likely N-dealkylation sites (tertiary alicyclic amines) is 1. The van der Waals surface area contributed by atoms with Gasteiger partial charge in [0.1, 0.15) is 18.1 Å². The molecular weight excluding hydrogens is 445 g/mol. The van der Waals surface area contributed by atoms with E-state index in [0.717, 1.165) is 12.1 Å². The van der Waals surface area contributed by atoms with Gasteiger partial charge in [0.15, 0.2) is 0 Å². The van der Waals surface area contributed by atoms with E-state index in [0.29, 0.717) is 35.6 Å². The summed E-state index contributed by atoms with van der Waals surface area (Å²) < 4.78 is 45.1. The Hall–Kier alpha value is -3.39. The number of amides is 1. The number of alkyl halides is 3. The van der Waals surface area contributed by atoms with Crippen molar-refractivity contribution in [3.63, 3.8) is 0 Å². The highest BCUT2D eigenvalue weighted by atomic mass is 19.4. The lowest BCUT2D eigenvalue weighted by molar-refractivity contribution is -0.137. The standard InChI is InChI=1S/C26H27F3N2O3/c1-4-20(32)16-34-21-13-8-7-12-19(15-21)31-23(6-3)22(5-2)24(25(31)33)30-18-11-9-10-17(14-18)26(27,28)29/h5-6,8-15,20,32H,4,7,16H2,1-3H3/b22-5+,23-6+,30-24?. The van der Waals surface area contributed by atoms with E-state index >= 15 is 0 Å². The number of aliphatic imine (C=N–C) groups is 1. The van der Waals surface area contributed by atoms with Crippen molar-refractivity contribution in [2.24, 2.45) is 4.99 Å². The Morgan fingerprint density at radius 2 is 2.03 bits per heavy atom. The molecule has 0 aromatic heterocycles. The van der Waals surface area contributed by atoms with Gasteiger partial charge in [-0.15, -0.1) is 0 Å². The molecule has 1 fully saturated rings. The minimum Gasteiger partial charge on any atom is -0.491 e. The number of aliphatic hydroxyl groups excluding tert-OH is 1. The molecular formula is C26H27F3N2O3. The van der Waals surface area contributed by atoms with Gasteiger partial charge in [-0.25, -0.2) is 4.99 Å². The van der Waals surface area contributed by atoms with Crippen LogP contribution in [-0.4, -0.2) is 34.3 Å². The molecule has 1 saturated heterocycles. The van der Waals surface area contributed by atoms with Gasteiger partial charge in [-0.1, -0.05) is 37.3 Å². The number of benzene rings is 1. The highest BCUT2D eigenvalue weighted by Gasteiger charge is 2.38. The lowest BCUT2D eigenvalue weighted by Crippen LogP contribution is -2.25. The van der Waals surface area contributed by atoms with Gasteiger partial charge in [0.05, 0.1) is 23.1 Å². The van der Waals surface area contributed by atoms with Crippen molar-refractivity contribution < 1.29 is 27.8 Å². The maximum atomic E-state index is 13.5. The molecule has 1 aliphatic heterocycles. The Labute approximate surface area is 196 Å². The van der Waals surface area contributed by atoms with E-state index in [2.05, 4.69) is 4.99 Å². The molecule has 1 unspecified atom stereocenters. The Kier molecular flexibility index (Phi) is 7.94. The minimum atomic E-state index is -4.51. The second kappa shape index (κ2) is 10.7. The zero-order valence-electron chi connectivity index (χ0n) is 19.3. The first-order valence-corrected chi connectivity index (χ1v) is 11.0. The predicted octanol–water partition coefficient (Wildman–Crippen LogP) is 5.99. The molecule has 2 aliphatic rings. The molecule has 3 rings (SSSR count). The summed E-state index contributed by atoms with van der Waals surface area (Å²) in [5, 5.41) is 9.81. The summed E-state index contributed by atoms with van der Waals surface area (Å²) in [5.41, 5.74) is 0.930. The average molecular weight is 473 g/mol. The molecule has 1 aromatic carbocycles. The van der Waals surface area contributed by atoms with Gasteiger partial charge < -0.3 is 9.84 Å². The van der Waals surface area contributed by atoms with Crippen LogP contribution in [0, 0.1) is 0 Å². The molecule has 0 bridgehead atoms. The first-order chi connectivity index (χ1) is 16.2. The Balaban J connectivity index is 2.00. The topological polar surface area (TPSA) is 62.1 Å². The zero-order valence-corrected chi connectivity index (χ0v) is 19.3. The number of nitrogens with zero attached hydrogens (tertiary/aromatic N) is 2. The van der Waals surface area contributed by atoms with Gasteiger partial charge in [-0.3, -0.25) is 9.69 Å². The second-order valence-electron chi connectivity index (χ2n) is 7.71. The first-order valence-electron chi connectivity index (χ1n) is 11.0. The monoisotopic (exact) mass is 472 g/mol. The maximum absolute atomic E-state index is 13.5. The number of rotatable bonds is 6. The molecule has 0 radical (unpaired) electrons. The molecule has 1 amide bonds. The third kappa shape index (κ3) is 5.56. The van der Waals surface area contributed by atoms with Crippen molar-refractivity contribution in [2.75, 3.05) is 6.61 Å². The number of aliphatic hydroxyl groups is 1. The fraction of sp³-hybridized carbons (Fsp3) is 0.308. The van der Waals surface area contributed by atoms with E-state index in [1.54, 1.807) is 38.2 Å². The average Bonchev–Trinajstić information content (AvgIpc) is 2.94. The molecule has 1 aliphatic carbocycles. The lowest BCUT2D eigenvalue weighted by atomic mass is 10.1. The molecule has 0 saturated carbocycles. The number of carbonyl (C=O) groups is 1. The van der Waals surface area contributed by atoms with E-state index in [9.17, 15) is 23.1 Å². The summed E-state index contributed by atoms with van der Waals surface area (Å²) in [5.74, 6) is 0.0424. The summed E-state index contributed by atoms with van der Waals surface area (Å²) in [6.07, 6.45) is 6.66. The molecule has 1 N–H and O–H groups in total. The Morgan fingerprint density at radius 3 is 2.68 bits per heavy atom. The van der Waals surface area contributed by atoms with E-state index in [-0.39, 0.29) is 18.0 Å². The molecule has 5 nitrogen and oxygen atoms in total. The third-order valence-corrected chi connectivity index (χ3v) is 5.36. The summed E-state index contributed by atoms with van der Waals surface area (Å²) in [6.45, 7) is 5.49. The Bertz CT molecular complexity index is 1120. The van der Waals surface area contributed by atoms with Gasteiger partial charge in [-0.2, -0.15) is 13.2 Å². The maximum Gasteiger partial charge on any atom is 0.416 e. The summed E-state index contributed by atoms with van der Waals surface area (Å²) in [4.78, 5) is 19.3. The number of hydrogen-bond acceptors (Lipinski definition) is 4. The second-order valence-corrected chi connectivity index (χ2v) is 7.71. The quantitative estimate of drug-likeness (QED) is 0.554. The van der Waals surface area contributed by atoms with Crippen molar-refractivity contribution in [2.45, 2.75) is 45.9 Å². The van der Waals surface area contributed by atoms with Gasteiger partial charge in [0.25, 0.3) is 5.91 Å². The van der Waals surface area contributed by atoms with Gasteiger partial charge >= 0.3 is 6.18 Å². The lowest BCUT2D eigenvalue weighted by Gasteiger charge is -2.19. The first kappa shape index (κ1) is 25.2. The molecule has 1 heterocycles. The van der Waals surface area contributed by atoms with Crippen molar-refractivity contribution in [1.82, 2.24) is 4.90 Å². The number of carbonyl (C=O) groups excluding carboxylic acids is 1.